The number of sulfonamides is 1. The van der Waals surface area contributed by atoms with Crippen LogP contribution < -0.4 is 0 Å². The molecule has 0 aliphatic rings. The molecule has 0 radical (unpaired) electrons. The first-order chi connectivity index (χ1) is 8.98. The Labute approximate surface area is 118 Å². The van der Waals surface area contributed by atoms with Crippen LogP contribution in [0.5, 0.6) is 0 Å². The van der Waals surface area contributed by atoms with Gasteiger partial charge >= 0.3 is 0 Å². The third kappa shape index (κ3) is 2.73. The number of hydrogen-bond donors (Lipinski definition) is 0. The van der Waals surface area contributed by atoms with Crippen LogP contribution in [-0.2, 0) is 10.0 Å². The summed E-state index contributed by atoms with van der Waals surface area (Å²) in [6.07, 6.45) is 0. The van der Waals surface area contributed by atoms with Crippen LogP contribution in [0.1, 0.15) is 13.8 Å². The van der Waals surface area contributed by atoms with Gasteiger partial charge in [0.2, 0.25) is 10.0 Å². The molecule has 0 saturated carbocycles. The molecule has 0 spiro atoms. The van der Waals surface area contributed by atoms with Crippen LogP contribution in [0.2, 0.25) is 5.15 Å². The van der Waals surface area contributed by atoms with E-state index in [1.54, 1.807) is 30.3 Å². The zero-order valence-corrected chi connectivity index (χ0v) is 12.4. The van der Waals surface area contributed by atoms with Gasteiger partial charge in [0, 0.05) is 18.5 Å². The molecule has 19 heavy (non-hydrogen) atoms. The third-order valence-electron chi connectivity index (χ3n) is 2.97. The van der Waals surface area contributed by atoms with Crippen LogP contribution in [0.3, 0.4) is 0 Å². The summed E-state index contributed by atoms with van der Waals surface area (Å²) in [5.41, 5.74) is 0.686. The molecule has 2 aromatic rings. The highest BCUT2D eigenvalue weighted by molar-refractivity contribution is 7.89. The Hall–Kier alpha value is -1.17. The highest BCUT2D eigenvalue weighted by Crippen LogP contribution is 2.22. The summed E-state index contributed by atoms with van der Waals surface area (Å²) in [4.78, 5) is 4.43. The maximum Gasteiger partial charge on any atom is 0.243 e. The molecule has 1 aromatic carbocycles. The van der Waals surface area contributed by atoms with Gasteiger partial charge in [-0.3, -0.25) is 0 Å². The molecule has 1 aromatic heterocycles. The van der Waals surface area contributed by atoms with Crippen molar-refractivity contribution in [3.05, 3.63) is 35.5 Å². The average molecular weight is 299 g/mol. The Morgan fingerprint density at radius 3 is 2.47 bits per heavy atom. The summed E-state index contributed by atoms with van der Waals surface area (Å²) in [5.74, 6) is 0. The van der Waals surface area contributed by atoms with E-state index in [0.717, 1.165) is 5.39 Å². The van der Waals surface area contributed by atoms with Crippen LogP contribution in [0, 0.1) is 0 Å². The lowest BCUT2D eigenvalue weighted by Gasteiger charge is -2.18. The number of halogens is 1. The molecular weight excluding hydrogens is 284 g/mol. The van der Waals surface area contributed by atoms with Gasteiger partial charge in [0.05, 0.1) is 10.4 Å². The second-order valence-corrected chi connectivity index (χ2v) is 6.40. The zero-order valence-electron chi connectivity index (χ0n) is 10.8. The minimum Gasteiger partial charge on any atom is -0.236 e. The Morgan fingerprint density at radius 2 is 1.84 bits per heavy atom. The molecule has 0 N–H and O–H groups in total. The van der Waals surface area contributed by atoms with Crippen LogP contribution >= 0.6 is 11.6 Å². The number of benzene rings is 1. The third-order valence-corrected chi connectivity index (χ3v) is 5.23. The Balaban J connectivity index is 2.55. The van der Waals surface area contributed by atoms with E-state index in [2.05, 4.69) is 4.98 Å². The minimum absolute atomic E-state index is 0.285. The Bertz CT molecular complexity index is 697. The predicted octanol–water partition coefficient (Wildman–Crippen LogP) is 2.92. The normalized spacial score (nSPS) is 12.2. The van der Waals surface area contributed by atoms with Crippen molar-refractivity contribution in [1.29, 1.82) is 0 Å². The molecule has 0 aliphatic carbocycles. The van der Waals surface area contributed by atoms with Crippen molar-refractivity contribution in [3.8, 4) is 0 Å². The second-order valence-electron chi connectivity index (χ2n) is 4.08. The largest absolute Gasteiger partial charge is 0.243 e. The van der Waals surface area contributed by atoms with E-state index in [-0.39, 0.29) is 4.90 Å². The van der Waals surface area contributed by atoms with Gasteiger partial charge in [0.25, 0.3) is 0 Å². The van der Waals surface area contributed by atoms with E-state index in [4.69, 9.17) is 11.6 Å². The lowest BCUT2D eigenvalue weighted by molar-refractivity contribution is 0.445. The molecule has 0 atom stereocenters. The summed E-state index contributed by atoms with van der Waals surface area (Å²) >= 11 is 5.81. The average Bonchev–Trinajstić information content (AvgIpc) is 2.39. The van der Waals surface area contributed by atoms with Gasteiger partial charge in [0.15, 0.2) is 0 Å². The van der Waals surface area contributed by atoms with Crippen molar-refractivity contribution in [2.24, 2.45) is 0 Å². The van der Waals surface area contributed by atoms with Crippen LogP contribution in [0.15, 0.2) is 35.2 Å². The number of nitrogens with zero attached hydrogens (tertiary/aromatic N) is 2. The Kier molecular flexibility index (Phi) is 4.08. The number of fused-ring (bicyclic) bond motifs is 1. The van der Waals surface area contributed by atoms with E-state index >= 15 is 0 Å². The minimum atomic E-state index is -3.43. The topological polar surface area (TPSA) is 50.3 Å². The molecule has 2 rings (SSSR count). The first-order valence-electron chi connectivity index (χ1n) is 6.05. The van der Waals surface area contributed by atoms with Crippen molar-refractivity contribution >= 4 is 32.5 Å². The molecular formula is C13H15ClN2O2S. The van der Waals surface area contributed by atoms with Gasteiger partial charge in [-0.15, -0.1) is 0 Å². The van der Waals surface area contributed by atoms with Crippen molar-refractivity contribution < 1.29 is 8.42 Å². The predicted molar refractivity (Wildman–Crippen MR) is 76.9 cm³/mol. The van der Waals surface area contributed by atoms with Crippen molar-refractivity contribution in [1.82, 2.24) is 9.29 Å². The molecule has 0 aliphatic heterocycles. The maximum absolute atomic E-state index is 12.4. The molecule has 0 fully saturated rings. The first kappa shape index (κ1) is 14.2. The summed E-state index contributed by atoms with van der Waals surface area (Å²) in [6, 6.07) is 8.30. The number of pyridine rings is 1. The number of aromatic nitrogens is 1. The Morgan fingerprint density at radius 1 is 1.16 bits per heavy atom. The molecule has 6 heteroatoms. The maximum atomic E-state index is 12.4. The lowest BCUT2D eigenvalue weighted by atomic mass is 10.2. The standard InChI is InChI=1S/C13H15ClN2O2S/c1-3-16(4-2)19(17,18)11-6-7-12-10(9-11)5-8-13(14)15-12/h5-9H,3-4H2,1-2H3. The second kappa shape index (κ2) is 5.45. The molecule has 0 bridgehead atoms. The van der Waals surface area contributed by atoms with Crippen molar-refractivity contribution in [2.75, 3.05) is 13.1 Å². The van der Waals surface area contributed by atoms with Crippen LogP contribution in [-0.4, -0.2) is 30.8 Å². The molecule has 0 amide bonds. The monoisotopic (exact) mass is 298 g/mol. The molecule has 0 unspecified atom stereocenters. The highest BCUT2D eigenvalue weighted by atomic mass is 35.5. The SMILES string of the molecule is CCN(CC)S(=O)(=O)c1ccc2nc(Cl)ccc2c1. The fourth-order valence-corrected chi connectivity index (χ4v) is 3.60. The summed E-state index contributed by atoms with van der Waals surface area (Å²) in [6.45, 7) is 4.55. The van der Waals surface area contributed by atoms with E-state index < -0.39 is 10.0 Å². The number of rotatable bonds is 4. The van der Waals surface area contributed by atoms with Gasteiger partial charge in [-0.2, -0.15) is 4.31 Å². The zero-order chi connectivity index (χ0) is 14.0. The van der Waals surface area contributed by atoms with E-state index in [1.165, 1.54) is 4.31 Å². The van der Waals surface area contributed by atoms with Gasteiger partial charge in [-0.25, -0.2) is 13.4 Å². The van der Waals surface area contributed by atoms with E-state index in [9.17, 15) is 8.42 Å². The van der Waals surface area contributed by atoms with Gasteiger partial charge in [-0.1, -0.05) is 25.4 Å². The van der Waals surface area contributed by atoms with E-state index in [0.29, 0.717) is 23.8 Å². The first-order valence-corrected chi connectivity index (χ1v) is 7.87. The molecule has 4 nitrogen and oxygen atoms in total. The van der Waals surface area contributed by atoms with E-state index in [1.807, 2.05) is 13.8 Å². The summed E-state index contributed by atoms with van der Waals surface area (Å²) in [7, 11) is -3.43. The van der Waals surface area contributed by atoms with Crippen LogP contribution in [0.25, 0.3) is 10.9 Å². The van der Waals surface area contributed by atoms with Crippen molar-refractivity contribution in [3.63, 3.8) is 0 Å². The summed E-state index contributed by atoms with van der Waals surface area (Å²) in [5, 5.41) is 1.16. The van der Waals surface area contributed by atoms with Gasteiger partial charge in [-0.05, 0) is 30.3 Å². The van der Waals surface area contributed by atoms with Crippen LogP contribution in [0.4, 0.5) is 0 Å². The fraction of sp³-hybridized carbons (Fsp3) is 0.308. The quantitative estimate of drug-likeness (QED) is 0.816. The molecule has 102 valence electrons. The highest BCUT2D eigenvalue weighted by Gasteiger charge is 2.21. The lowest BCUT2D eigenvalue weighted by Crippen LogP contribution is -2.30. The van der Waals surface area contributed by atoms with Gasteiger partial charge in [0.1, 0.15) is 5.15 Å². The smallest absolute Gasteiger partial charge is 0.236 e. The number of hydrogen-bond acceptors (Lipinski definition) is 3. The summed E-state index contributed by atoms with van der Waals surface area (Å²) < 4.78 is 26.2. The fourth-order valence-electron chi connectivity index (χ4n) is 1.95. The van der Waals surface area contributed by atoms with Crippen molar-refractivity contribution in [2.45, 2.75) is 18.7 Å². The van der Waals surface area contributed by atoms with Gasteiger partial charge < -0.3 is 0 Å². The molecule has 0 saturated heterocycles. The molecule has 1 heterocycles.